The quantitative estimate of drug-likeness (QED) is 0.509. The van der Waals surface area contributed by atoms with Crippen molar-refractivity contribution in [1.82, 2.24) is 4.57 Å². The molecule has 0 spiro atoms. The van der Waals surface area contributed by atoms with E-state index in [2.05, 4.69) is 24.3 Å². The Balaban J connectivity index is 2.15. The molecule has 0 bridgehead atoms. The van der Waals surface area contributed by atoms with E-state index in [4.69, 9.17) is 0 Å². The minimum Gasteiger partial charge on any atom is -0.310 e. The first-order chi connectivity index (χ1) is 10.3. The van der Waals surface area contributed by atoms with Crippen LogP contribution in [-0.4, -0.2) is 4.57 Å². The van der Waals surface area contributed by atoms with Crippen molar-refractivity contribution in [3.8, 4) is 10.4 Å². The second-order valence-corrected chi connectivity index (χ2v) is 6.15. The van der Waals surface area contributed by atoms with Gasteiger partial charge in [0.2, 0.25) is 0 Å². The van der Waals surface area contributed by atoms with Crippen LogP contribution in [0.1, 0.15) is 0 Å². The highest BCUT2D eigenvalue weighted by atomic mass is 32.1. The molecule has 0 unspecified atom stereocenters. The third-order valence-electron chi connectivity index (χ3n) is 3.84. The summed E-state index contributed by atoms with van der Waals surface area (Å²) in [5, 5.41) is 2.19. The number of benzene rings is 2. The molecule has 2 nitrogen and oxygen atoms in total. The smallest absolute Gasteiger partial charge is 0.268 e. The fraction of sp³-hybridized carbons (Fsp3) is 0.0556. The summed E-state index contributed by atoms with van der Waals surface area (Å²) in [7, 11) is 1.84. The summed E-state index contributed by atoms with van der Waals surface area (Å²) in [6.45, 7) is 0. The highest BCUT2D eigenvalue weighted by Crippen LogP contribution is 2.35. The van der Waals surface area contributed by atoms with Gasteiger partial charge >= 0.3 is 0 Å². The second kappa shape index (κ2) is 4.57. The van der Waals surface area contributed by atoms with Gasteiger partial charge in [-0.2, -0.15) is 0 Å². The molecule has 0 radical (unpaired) electrons. The lowest BCUT2D eigenvalue weighted by Crippen LogP contribution is -2.15. The van der Waals surface area contributed by atoms with Crippen molar-refractivity contribution in [2.45, 2.75) is 0 Å². The first-order valence-corrected chi connectivity index (χ1v) is 7.64. The number of hydrogen-bond donors (Lipinski definition) is 0. The fourth-order valence-electron chi connectivity index (χ4n) is 2.75. The predicted molar refractivity (Wildman–Crippen MR) is 90.0 cm³/mol. The Morgan fingerprint density at radius 2 is 1.62 bits per heavy atom. The van der Waals surface area contributed by atoms with E-state index in [0.29, 0.717) is 0 Å². The summed E-state index contributed by atoms with van der Waals surface area (Å²) in [4.78, 5) is 13.7. The number of nitrogens with zero attached hydrogens (tertiary/aromatic N) is 1. The van der Waals surface area contributed by atoms with Crippen molar-refractivity contribution >= 4 is 32.3 Å². The topological polar surface area (TPSA) is 22.0 Å². The predicted octanol–water partition coefficient (Wildman–Crippen LogP) is 4.42. The van der Waals surface area contributed by atoms with Gasteiger partial charge in [-0.1, -0.05) is 48.5 Å². The molecular formula is C18H13NOS. The molecule has 0 saturated heterocycles. The zero-order chi connectivity index (χ0) is 14.4. The zero-order valence-corrected chi connectivity index (χ0v) is 12.4. The molecule has 3 heteroatoms. The van der Waals surface area contributed by atoms with Crippen LogP contribution < -0.4 is 5.56 Å². The van der Waals surface area contributed by atoms with Gasteiger partial charge in [0.25, 0.3) is 5.56 Å². The normalized spacial score (nSPS) is 11.3. The first kappa shape index (κ1) is 12.4. The fourth-order valence-corrected chi connectivity index (χ4v) is 3.90. The molecule has 102 valence electrons. The molecule has 0 aliphatic rings. The lowest BCUT2D eigenvalue weighted by Gasteiger charge is -2.05. The van der Waals surface area contributed by atoms with Gasteiger partial charge in [0.05, 0.1) is 5.52 Å². The third kappa shape index (κ3) is 1.82. The molecule has 2 aromatic carbocycles. The molecule has 4 aromatic rings. The zero-order valence-electron chi connectivity index (χ0n) is 11.5. The highest BCUT2D eigenvalue weighted by Gasteiger charge is 2.12. The Kier molecular flexibility index (Phi) is 2.69. The van der Waals surface area contributed by atoms with E-state index in [1.165, 1.54) is 0 Å². The number of hydrogen-bond acceptors (Lipinski definition) is 2. The minimum atomic E-state index is 0.0795. The maximum Gasteiger partial charge on any atom is 0.268 e. The van der Waals surface area contributed by atoms with Crippen molar-refractivity contribution in [2.24, 2.45) is 7.05 Å². The molecule has 0 amide bonds. The van der Waals surface area contributed by atoms with Crippen molar-refractivity contribution < 1.29 is 0 Å². The Morgan fingerprint density at radius 1 is 0.905 bits per heavy atom. The maximum atomic E-state index is 12.6. The maximum absolute atomic E-state index is 12.6. The van der Waals surface area contributed by atoms with Crippen molar-refractivity contribution in [3.63, 3.8) is 0 Å². The summed E-state index contributed by atoms with van der Waals surface area (Å²) in [6, 6.07) is 20.4. The van der Waals surface area contributed by atoms with Gasteiger partial charge in [-0.15, -0.1) is 11.3 Å². The Morgan fingerprint density at radius 3 is 2.43 bits per heavy atom. The van der Waals surface area contributed by atoms with Crippen LogP contribution in [-0.2, 0) is 7.05 Å². The standard InChI is InChI=1S/C18H13NOS/c1-19-15-10-6-5-9-13(15)14-11-16(21-17(14)18(19)20)12-7-3-2-4-8-12/h2-11H,1H3. The highest BCUT2D eigenvalue weighted by molar-refractivity contribution is 7.22. The van der Waals surface area contributed by atoms with E-state index in [1.54, 1.807) is 15.9 Å². The summed E-state index contributed by atoms with van der Waals surface area (Å²) in [6.07, 6.45) is 0. The largest absolute Gasteiger partial charge is 0.310 e. The van der Waals surface area contributed by atoms with Crippen LogP contribution in [0.15, 0.2) is 65.5 Å². The number of aromatic nitrogens is 1. The van der Waals surface area contributed by atoms with Crippen LogP contribution in [0.25, 0.3) is 31.4 Å². The van der Waals surface area contributed by atoms with Gasteiger partial charge in [-0.25, -0.2) is 0 Å². The molecule has 2 aromatic heterocycles. The molecule has 2 heterocycles. The van der Waals surface area contributed by atoms with Crippen molar-refractivity contribution in [3.05, 3.63) is 71.0 Å². The Bertz CT molecular complexity index is 1010. The lowest BCUT2D eigenvalue weighted by molar-refractivity contribution is 0.920. The van der Waals surface area contributed by atoms with Crippen LogP contribution >= 0.6 is 11.3 Å². The SMILES string of the molecule is Cn1c(=O)c2sc(-c3ccccc3)cc2c2ccccc21. The van der Waals surface area contributed by atoms with E-state index < -0.39 is 0 Å². The second-order valence-electron chi connectivity index (χ2n) is 5.10. The van der Waals surface area contributed by atoms with Crippen LogP contribution in [0.2, 0.25) is 0 Å². The van der Waals surface area contributed by atoms with E-state index >= 15 is 0 Å². The third-order valence-corrected chi connectivity index (χ3v) is 5.02. The van der Waals surface area contributed by atoms with Crippen LogP contribution in [0, 0.1) is 0 Å². The first-order valence-electron chi connectivity index (χ1n) is 6.82. The number of para-hydroxylation sites is 1. The summed E-state index contributed by atoms with van der Waals surface area (Å²) >= 11 is 1.57. The number of thiophene rings is 1. The number of fused-ring (bicyclic) bond motifs is 3. The molecule has 0 atom stereocenters. The molecule has 0 N–H and O–H groups in total. The molecule has 0 aliphatic heterocycles. The van der Waals surface area contributed by atoms with E-state index in [1.807, 2.05) is 43.4 Å². The van der Waals surface area contributed by atoms with Gasteiger partial charge in [-0.3, -0.25) is 4.79 Å². The van der Waals surface area contributed by atoms with Crippen LogP contribution in [0.5, 0.6) is 0 Å². The molecule has 21 heavy (non-hydrogen) atoms. The molecular weight excluding hydrogens is 278 g/mol. The summed E-state index contributed by atoms with van der Waals surface area (Å²) in [5.74, 6) is 0. The Labute approximate surface area is 125 Å². The summed E-state index contributed by atoms with van der Waals surface area (Å²) in [5.41, 5.74) is 2.22. The molecule has 0 saturated carbocycles. The van der Waals surface area contributed by atoms with Crippen LogP contribution in [0.3, 0.4) is 0 Å². The molecule has 0 fully saturated rings. The average molecular weight is 291 g/mol. The lowest BCUT2D eigenvalue weighted by atomic mass is 10.1. The molecule has 4 rings (SSSR count). The van der Waals surface area contributed by atoms with E-state index in [-0.39, 0.29) is 5.56 Å². The van der Waals surface area contributed by atoms with E-state index in [9.17, 15) is 4.79 Å². The van der Waals surface area contributed by atoms with Gasteiger partial charge in [-0.05, 0) is 17.7 Å². The molecule has 0 aliphatic carbocycles. The van der Waals surface area contributed by atoms with Gasteiger partial charge in [0, 0.05) is 22.7 Å². The van der Waals surface area contributed by atoms with Crippen LogP contribution in [0.4, 0.5) is 0 Å². The van der Waals surface area contributed by atoms with E-state index in [0.717, 1.165) is 31.4 Å². The number of aryl methyl sites for hydroxylation is 1. The Hall–Kier alpha value is -2.39. The van der Waals surface area contributed by atoms with Crippen molar-refractivity contribution in [1.29, 1.82) is 0 Å². The number of pyridine rings is 1. The average Bonchev–Trinajstić information content (AvgIpc) is 2.99. The van der Waals surface area contributed by atoms with Crippen molar-refractivity contribution in [2.75, 3.05) is 0 Å². The minimum absolute atomic E-state index is 0.0795. The summed E-state index contributed by atoms with van der Waals surface area (Å²) < 4.78 is 2.57. The van der Waals surface area contributed by atoms with Gasteiger partial charge in [0.15, 0.2) is 0 Å². The van der Waals surface area contributed by atoms with Gasteiger partial charge < -0.3 is 4.57 Å². The monoisotopic (exact) mass is 291 g/mol. The number of rotatable bonds is 1. The van der Waals surface area contributed by atoms with Gasteiger partial charge in [0.1, 0.15) is 4.70 Å².